The van der Waals surface area contributed by atoms with Crippen LogP contribution in [0.4, 0.5) is 0 Å². The van der Waals surface area contributed by atoms with Crippen molar-refractivity contribution in [3.05, 3.63) is 35.2 Å². The second kappa shape index (κ2) is 4.71. The third-order valence-corrected chi connectivity index (χ3v) is 3.11. The first-order valence-corrected chi connectivity index (χ1v) is 6.08. The van der Waals surface area contributed by atoms with Crippen molar-refractivity contribution in [3.8, 4) is 17.5 Å². The summed E-state index contributed by atoms with van der Waals surface area (Å²) in [7, 11) is 1.86. The SMILES string of the molecule is Cc1c([CH2][Al])cc(C#N)nc1-c1ccn(C)n1. The number of aryl methyl sites for hydroxylation is 1. The number of aromatic nitrogens is 3. The highest BCUT2D eigenvalue weighted by Gasteiger charge is 2.11. The van der Waals surface area contributed by atoms with Crippen LogP contribution in [0.25, 0.3) is 11.4 Å². The Labute approximate surface area is 108 Å². The van der Waals surface area contributed by atoms with E-state index < -0.39 is 0 Å². The number of nitriles is 1. The molecule has 4 nitrogen and oxygen atoms in total. The average molecular weight is 238 g/mol. The summed E-state index contributed by atoms with van der Waals surface area (Å²) in [4.78, 5) is 4.34. The van der Waals surface area contributed by atoms with Gasteiger partial charge >= 0.3 is 0 Å². The highest BCUT2D eigenvalue weighted by molar-refractivity contribution is 6.08. The minimum atomic E-state index is 0.439. The lowest BCUT2D eigenvalue weighted by Crippen LogP contribution is -2.00. The average Bonchev–Trinajstić information content (AvgIpc) is 2.76. The molecule has 0 aliphatic rings. The van der Waals surface area contributed by atoms with Crippen LogP contribution < -0.4 is 0 Å². The number of hydrogen-bond donors (Lipinski definition) is 0. The van der Waals surface area contributed by atoms with Crippen molar-refractivity contribution in [1.29, 1.82) is 5.26 Å². The van der Waals surface area contributed by atoms with Crippen molar-refractivity contribution >= 4 is 16.3 Å². The Morgan fingerprint density at radius 2 is 2.29 bits per heavy atom. The van der Waals surface area contributed by atoms with E-state index in [1.165, 1.54) is 0 Å². The quantitative estimate of drug-likeness (QED) is 0.742. The fourth-order valence-corrected chi connectivity index (χ4v) is 2.15. The molecule has 0 amide bonds. The van der Waals surface area contributed by atoms with E-state index in [1.54, 1.807) is 4.68 Å². The predicted octanol–water partition coefficient (Wildman–Crippen LogP) is 1.33. The Bertz CT molecular complexity index is 595. The van der Waals surface area contributed by atoms with Gasteiger partial charge in [-0.2, -0.15) is 10.4 Å². The second-order valence-electron chi connectivity index (χ2n) is 3.83. The summed E-state index contributed by atoms with van der Waals surface area (Å²) in [5, 5.41) is 14.1. The molecule has 0 saturated heterocycles. The normalized spacial score (nSPS) is 10.2. The van der Waals surface area contributed by atoms with Crippen LogP contribution in [0.3, 0.4) is 0 Å². The van der Waals surface area contributed by atoms with Crippen LogP contribution in [-0.4, -0.2) is 31.1 Å². The van der Waals surface area contributed by atoms with Gasteiger partial charge in [-0.25, -0.2) is 4.98 Å². The summed E-state index contributed by atoms with van der Waals surface area (Å²) < 4.78 is 1.73. The Balaban J connectivity index is 2.64. The lowest BCUT2D eigenvalue weighted by molar-refractivity contribution is 0.769. The summed E-state index contributed by atoms with van der Waals surface area (Å²) in [6, 6.07) is 5.82. The Morgan fingerprint density at radius 1 is 1.53 bits per heavy atom. The minimum Gasteiger partial charge on any atom is -0.275 e. The van der Waals surface area contributed by atoms with Gasteiger partial charge in [0.05, 0.1) is 5.69 Å². The van der Waals surface area contributed by atoms with Crippen molar-refractivity contribution in [2.45, 2.75) is 12.2 Å². The third-order valence-electron chi connectivity index (χ3n) is 2.67. The van der Waals surface area contributed by atoms with Gasteiger partial charge in [0.25, 0.3) is 0 Å². The van der Waals surface area contributed by atoms with Gasteiger partial charge in [-0.3, -0.25) is 4.68 Å². The molecule has 0 aromatic carbocycles. The first-order valence-electron chi connectivity index (χ1n) is 5.26. The van der Waals surface area contributed by atoms with Crippen molar-refractivity contribution in [2.24, 2.45) is 7.05 Å². The number of rotatable bonds is 2. The van der Waals surface area contributed by atoms with E-state index in [1.807, 2.05) is 32.3 Å². The van der Waals surface area contributed by atoms with Crippen molar-refractivity contribution in [1.82, 2.24) is 14.8 Å². The first-order chi connectivity index (χ1) is 8.15. The van der Waals surface area contributed by atoms with Gasteiger partial charge in [-0.1, -0.05) is 10.8 Å². The maximum atomic E-state index is 8.98. The zero-order valence-corrected chi connectivity index (χ0v) is 11.0. The summed E-state index contributed by atoms with van der Waals surface area (Å²) in [6.45, 7) is 2.01. The molecule has 2 radical (unpaired) electrons. The number of hydrogen-bond acceptors (Lipinski definition) is 3. The maximum absolute atomic E-state index is 8.98. The predicted molar refractivity (Wildman–Crippen MR) is 65.3 cm³/mol. The molecule has 2 aromatic rings. The van der Waals surface area contributed by atoms with Crippen LogP contribution in [0.5, 0.6) is 0 Å². The van der Waals surface area contributed by atoms with E-state index in [2.05, 4.69) is 32.4 Å². The van der Waals surface area contributed by atoms with E-state index in [-0.39, 0.29) is 0 Å². The van der Waals surface area contributed by atoms with Gasteiger partial charge in [-0.05, 0) is 24.6 Å². The number of pyridine rings is 1. The summed E-state index contributed by atoms with van der Waals surface area (Å²) in [5.41, 5.74) is 4.23. The van der Waals surface area contributed by atoms with Crippen LogP contribution in [-0.2, 0) is 12.3 Å². The first kappa shape index (κ1) is 11.9. The zero-order chi connectivity index (χ0) is 12.4. The van der Waals surface area contributed by atoms with E-state index in [9.17, 15) is 0 Å². The van der Waals surface area contributed by atoms with Crippen LogP contribution in [0.1, 0.15) is 16.8 Å². The monoisotopic (exact) mass is 238 g/mol. The molecule has 17 heavy (non-hydrogen) atoms. The van der Waals surface area contributed by atoms with Crippen LogP contribution >= 0.6 is 0 Å². The Morgan fingerprint density at radius 3 is 2.82 bits per heavy atom. The molecule has 0 bridgehead atoms. The molecule has 0 aliphatic heterocycles. The number of nitrogens with zero attached hydrogens (tertiary/aromatic N) is 4. The van der Waals surface area contributed by atoms with E-state index in [0.717, 1.165) is 27.8 Å². The molecular formula is C12H11AlN4. The molecule has 0 N–H and O–H groups in total. The molecule has 0 unspecified atom stereocenters. The lowest BCUT2D eigenvalue weighted by Gasteiger charge is -2.08. The smallest absolute Gasteiger partial charge is 0.141 e. The standard InChI is InChI=1S/C12H11N4.Al/c1-8-6-10(7-13)14-12(9(8)2)11-4-5-16(3)15-11;/h4-6H,1H2,2-3H3;. The topological polar surface area (TPSA) is 54.5 Å². The molecule has 0 fully saturated rings. The molecule has 0 spiro atoms. The molecule has 5 heteroatoms. The van der Waals surface area contributed by atoms with Gasteiger partial charge in [0.1, 0.15) is 33.7 Å². The molecule has 2 rings (SSSR count). The van der Waals surface area contributed by atoms with E-state index >= 15 is 0 Å². The largest absolute Gasteiger partial charge is 0.275 e. The third kappa shape index (κ3) is 2.24. The zero-order valence-electron chi connectivity index (χ0n) is 9.81. The Hall–Kier alpha value is -1.62. The van der Waals surface area contributed by atoms with Crippen LogP contribution in [0, 0.1) is 18.3 Å². The van der Waals surface area contributed by atoms with Crippen LogP contribution in [0.15, 0.2) is 18.3 Å². The molecule has 2 aromatic heterocycles. The van der Waals surface area contributed by atoms with Gasteiger partial charge in [0, 0.05) is 13.2 Å². The highest BCUT2D eigenvalue weighted by atomic mass is 27.0. The molecule has 0 saturated carbocycles. The van der Waals surface area contributed by atoms with Gasteiger partial charge in [0.15, 0.2) is 0 Å². The summed E-state index contributed by atoms with van der Waals surface area (Å²) in [5.74, 6) is 0. The van der Waals surface area contributed by atoms with E-state index in [4.69, 9.17) is 5.26 Å². The molecule has 82 valence electrons. The maximum Gasteiger partial charge on any atom is 0.141 e. The second-order valence-corrected chi connectivity index (χ2v) is 4.24. The van der Waals surface area contributed by atoms with Crippen molar-refractivity contribution in [2.75, 3.05) is 0 Å². The molecule has 0 atom stereocenters. The summed E-state index contributed by atoms with van der Waals surface area (Å²) >= 11 is 2.67. The Kier molecular flexibility index (Phi) is 3.29. The summed E-state index contributed by atoms with van der Waals surface area (Å²) in [6.07, 6.45) is 1.87. The lowest BCUT2D eigenvalue weighted by atomic mass is 10.1. The fraction of sp³-hybridized carbons (Fsp3) is 0.250. The van der Waals surface area contributed by atoms with Crippen LogP contribution in [0.2, 0.25) is 0 Å². The highest BCUT2D eigenvalue weighted by Crippen LogP contribution is 2.22. The van der Waals surface area contributed by atoms with Crippen molar-refractivity contribution < 1.29 is 0 Å². The molecule has 0 aliphatic carbocycles. The fourth-order valence-electron chi connectivity index (χ4n) is 1.72. The van der Waals surface area contributed by atoms with Gasteiger partial charge in [-0.15, -0.1) is 0 Å². The minimum absolute atomic E-state index is 0.439. The van der Waals surface area contributed by atoms with Crippen molar-refractivity contribution in [3.63, 3.8) is 0 Å². The molecule has 2 heterocycles. The van der Waals surface area contributed by atoms with Gasteiger partial charge in [0.2, 0.25) is 0 Å². The van der Waals surface area contributed by atoms with E-state index in [0.29, 0.717) is 5.69 Å². The molecular weight excluding hydrogens is 227 g/mol. The van der Waals surface area contributed by atoms with Gasteiger partial charge < -0.3 is 0 Å².